The molecule has 2 heterocycles. The van der Waals surface area contributed by atoms with Crippen LogP contribution in [-0.2, 0) is 7.05 Å². The molecule has 110 valence electrons. The maximum atomic E-state index is 13.0. The van der Waals surface area contributed by atoms with Gasteiger partial charge in [0, 0.05) is 19.2 Å². The molecular weight excluding hydrogens is 392 g/mol. The van der Waals surface area contributed by atoms with Crippen LogP contribution in [0, 0.1) is 3.57 Å². The summed E-state index contributed by atoms with van der Waals surface area (Å²) in [4.78, 5) is 12.3. The lowest BCUT2D eigenvalue weighted by molar-refractivity contribution is -0.297. The zero-order chi connectivity index (χ0) is 15.3. The second kappa shape index (κ2) is 4.69. The van der Waals surface area contributed by atoms with Gasteiger partial charge in [0.15, 0.2) is 0 Å². The molecule has 0 bridgehead atoms. The number of alkyl halides is 3. The van der Waals surface area contributed by atoms with Crippen molar-refractivity contribution < 1.29 is 23.1 Å². The molecule has 1 atom stereocenters. The van der Waals surface area contributed by atoms with Gasteiger partial charge in [0.25, 0.3) is 11.6 Å². The van der Waals surface area contributed by atoms with Gasteiger partial charge < -0.3 is 5.11 Å². The van der Waals surface area contributed by atoms with Crippen molar-refractivity contribution in [2.75, 3.05) is 0 Å². The van der Waals surface area contributed by atoms with Gasteiger partial charge in [-0.05, 0) is 29.5 Å². The molecule has 20 heavy (non-hydrogen) atoms. The molecule has 0 fully saturated rings. The minimum atomic E-state index is -5.01. The van der Waals surface area contributed by atoms with Crippen molar-refractivity contribution in [3.8, 4) is 0 Å². The van der Waals surface area contributed by atoms with Crippen LogP contribution in [0.1, 0.15) is 23.8 Å². The summed E-state index contributed by atoms with van der Waals surface area (Å²) in [6.45, 7) is 1.32. The Balaban J connectivity index is 2.48. The summed E-state index contributed by atoms with van der Waals surface area (Å²) in [5, 5.41) is 17.2. The number of hydrazone groups is 1. The number of aryl methyl sites for hydroxylation is 1. The normalized spacial score (nSPS) is 23.1. The monoisotopic (exact) mass is 402 g/mol. The third-order valence-electron chi connectivity index (χ3n) is 2.87. The number of carbonyl (C=O) groups excluding carboxylic acids is 1. The topological polar surface area (TPSA) is 70.7 Å². The van der Waals surface area contributed by atoms with Gasteiger partial charge in [-0.3, -0.25) is 9.48 Å². The Labute approximate surface area is 125 Å². The minimum absolute atomic E-state index is 0.0235. The fourth-order valence-corrected chi connectivity index (χ4v) is 2.61. The summed E-state index contributed by atoms with van der Waals surface area (Å²) in [5.41, 5.74) is -3.36. The summed E-state index contributed by atoms with van der Waals surface area (Å²) in [6.07, 6.45) is -4.43. The third-order valence-corrected chi connectivity index (χ3v) is 3.66. The van der Waals surface area contributed by atoms with E-state index in [1.54, 1.807) is 22.6 Å². The Kier molecular flexibility index (Phi) is 3.57. The van der Waals surface area contributed by atoms with Gasteiger partial charge in [-0.2, -0.15) is 28.4 Å². The fraction of sp³-hybridized carbons (Fsp3) is 0.500. The number of hydrogen-bond donors (Lipinski definition) is 1. The van der Waals surface area contributed by atoms with E-state index in [9.17, 15) is 23.1 Å². The average Bonchev–Trinajstić information content (AvgIpc) is 2.79. The predicted octanol–water partition coefficient (Wildman–Crippen LogP) is 1.50. The molecule has 0 aliphatic carbocycles. The van der Waals surface area contributed by atoms with Gasteiger partial charge in [0.1, 0.15) is 5.69 Å². The quantitative estimate of drug-likeness (QED) is 0.724. The van der Waals surface area contributed by atoms with Crippen LogP contribution in [0.4, 0.5) is 13.2 Å². The first-order chi connectivity index (χ1) is 9.08. The van der Waals surface area contributed by atoms with Gasteiger partial charge in [0.05, 0.1) is 9.77 Å². The fourth-order valence-electron chi connectivity index (χ4n) is 1.91. The highest BCUT2D eigenvalue weighted by molar-refractivity contribution is 14.1. The first-order valence-electron chi connectivity index (χ1n) is 5.43. The second-order valence-electron chi connectivity index (χ2n) is 4.41. The van der Waals surface area contributed by atoms with E-state index in [1.165, 1.54) is 20.2 Å². The lowest BCUT2D eigenvalue weighted by Gasteiger charge is -2.32. The van der Waals surface area contributed by atoms with Crippen molar-refractivity contribution in [3.63, 3.8) is 0 Å². The lowest BCUT2D eigenvalue weighted by atomic mass is 10.1. The van der Waals surface area contributed by atoms with Crippen molar-refractivity contribution in [2.24, 2.45) is 12.1 Å². The molecule has 0 radical (unpaired) electrons. The van der Waals surface area contributed by atoms with Crippen LogP contribution in [0.3, 0.4) is 0 Å². The molecule has 1 aromatic rings. The minimum Gasteiger partial charge on any atom is -0.362 e. The van der Waals surface area contributed by atoms with E-state index in [1.807, 2.05) is 0 Å². The summed E-state index contributed by atoms with van der Waals surface area (Å²) in [6, 6.07) is 0. The van der Waals surface area contributed by atoms with Gasteiger partial charge in [-0.1, -0.05) is 0 Å². The third kappa shape index (κ3) is 2.20. The molecule has 1 N–H and O–H groups in total. The summed E-state index contributed by atoms with van der Waals surface area (Å²) < 4.78 is 40.6. The van der Waals surface area contributed by atoms with E-state index in [4.69, 9.17) is 0 Å². The van der Waals surface area contributed by atoms with Gasteiger partial charge >= 0.3 is 6.18 Å². The molecule has 6 nitrogen and oxygen atoms in total. The smallest absolute Gasteiger partial charge is 0.362 e. The van der Waals surface area contributed by atoms with E-state index in [0.717, 1.165) is 4.68 Å². The van der Waals surface area contributed by atoms with Gasteiger partial charge in [-0.25, -0.2) is 0 Å². The van der Waals surface area contributed by atoms with Crippen LogP contribution >= 0.6 is 22.6 Å². The highest BCUT2D eigenvalue weighted by Gasteiger charge is 2.63. The molecular formula is C10H10F3IN4O2. The number of amides is 1. The number of carbonyl (C=O) groups is 1. The highest BCUT2D eigenvalue weighted by Crippen LogP contribution is 2.41. The van der Waals surface area contributed by atoms with Crippen LogP contribution in [0.15, 0.2) is 11.3 Å². The second-order valence-corrected chi connectivity index (χ2v) is 5.57. The Hall–Kier alpha value is -1.17. The largest absolute Gasteiger partial charge is 0.438 e. The predicted molar refractivity (Wildman–Crippen MR) is 70.8 cm³/mol. The molecule has 0 saturated heterocycles. The maximum Gasteiger partial charge on any atom is 0.438 e. The van der Waals surface area contributed by atoms with Crippen molar-refractivity contribution >= 4 is 34.2 Å². The van der Waals surface area contributed by atoms with Crippen LogP contribution < -0.4 is 0 Å². The first kappa shape index (κ1) is 15.2. The zero-order valence-corrected chi connectivity index (χ0v) is 12.6. The van der Waals surface area contributed by atoms with Gasteiger partial charge in [-0.15, -0.1) is 0 Å². The van der Waals surface area contributed by atoms with Crippen molar-refractivity contribution in [1.29, 1.82) is 0 Å². The molecule has 1 aromatic heterocycles. The Morgan fingerprint density at radius 1 is 1.55 bits per heavy atom. The molecule has 0 aromatic carbocycles. The molecule has 0 saturated carbocycles. The van der Waals surface area contributed by atoms with Crippen molar-refractivity contribution in [1.82, 2.24) is 14.8 Å². The van der Waals surface area contributed by atoms with Crippen molar-refractivity contribution in [2.45, 2.75) is 25.2 Å². The molecule has 1 unspecified atom stereocenters. The van der Waals surface area contributed by atoms with Gasteiger partial charge in [0.2, 0.25) is 0 Å². The van der Waals surface area contributed by atoms with Crippen LogP contribution in [0.5, 0.6) is 0 Å². The van der Waals surface area contributed by atoms with E-state index >= 15 is 0 Å². The van der Waals surface area contributed by atoms with E-state index < -0.39 is 24.2 Å². The number of rotatable bonds is 1. The standard InChI is InChI=1S/C10H10F3IN4O2/c1-5-3-9(20,10(11,12)13)18(16-5)8(19)7-6(14)4-15-17(7)2/h4,20H,3H2,1-2H3. The number of aliphatic hydroxyl groups is 1. The molecule has 2 rings (SSSR count). The number of aromatic nitrogens is 2. The van der Waals surface area contributed by atoms with Crippen LogP contribution in [0.25, 0.3) is 0 Å². The summed E-state index contributed by atoms with van der Waals surface area (Å²) in [7, 11) is 1.43. The lowest BCUT2D eigenvalue weighted by Crippen LogP contribution is -2.57. The Bertz CT molecular complexity index is 578. The summed E-state index contributed by atoms with van der Waals surface area (Å²) >= 11 is 1.78. The molecule has 1 aliphatic heterocycles. The molecule has 1 amide bonds. The molecule has 10 heteroatoms. The number of halogens is 4. The van der Waals surface area contributed by atoms with E-state index in [2.05, 4.69) is 10.2 Å². The van der Waals surface area contributed by atoms with Crippen LogP contribution in [-0.4, -0.2) is 43.4 Å². The SMILES string of the molecule is CC1=NN(C(=O)c2c(I)cnn2C)C(O)(C(F)(F)F)C1. The maximum absolute atomic E-state index is 13.0. The number of nitrogens with zero attached hydrogens (tertiary/aromatic N) is 4. The Morgan fingerprint density at radius 3 is 2.60 bits per heavy atom. The average molecular weight is 402 g/mol. The number of hydrogen-bond acceptors (Lipinski definition) is 4. The first-order valence-corrected chi connectivity index (χ1v) is 6.51. The van der Waals surface area contributed by atoms with Crippen LogP contribution in [0.2, 0.25) is 0 Å². The van der Waals surface area contributed by atoms with E-state index in [-0.39, 0.29) is 16.4 Å². The molecule has 0 spiro atoms. The highest BCUT2D eigenvalue weighted by atomic mass is 127. The summed E-state index contributed by atoms with van der Waals surface area (Å²) in [5.74, 6) is -1.05. The zero-order valence-electron chi connectivity index (χ0n) is 10.4. The van der Waals surface area contributed by atoms with Crippen molar-refractivity contribution in [3.05, 3.63) is 15.5 Å². The van der Waals surface area contributed by atoms with E-state index in [0.29, 0.717) is 3.57 Å². The molecule has 1 aliphatic rings. The Morgan fingerprint density at radius 2 is 2.15 bits per heavy atom.